The van der Waals surface area contributed by atoms with E-state index in [1.807, 2.05) is 0 Å². The quantitative estimate of drug-likeness (QED) is 0.691. The molecule has 1 amide bonds. The Balaban J connectivity index is 1.99. The molecule has 8 heteroatoms. The number of carbonyl (C=O) groups is 1. The van der Waals surface area contributed by atoms with Gasteiger partial charge in [0, 0.05) is 23.2 Å². The molecule has 2 aromatic rings. The van der Waals surface area contributed by atoms with Crippen LogP contribution in [0.4, 0.5) is 11.4 Å². The zero-order chi connectivity index (χ0) is 19.1. The second-order valence-electron chi connectivity index (χ2n) is 6.40. The first-order chi connectivity index (χ1) is 12.2. The van der Waals surface area contributed by atoms with Crippen molar-refractivity contribution in [2.24, 2.45) is 0 Å². The lowest BCUT2D eigenvalue weighted by Gasteiger charge is -2.15. The topological polar surface area (TPSA) is 95.5 Å². The number of phenols is 1. The average molecular weight is 395 g/mol. The van der Waals surface area contributed by atoms with Gasteiger partial charge in [0.25, 0.3) is 10.0 Å². The number of phenolic OH excluding ortho intramolecular Hbond substituents is 1. The van der Waals surface area contributed by atoms with Crippen molar-refractivity contribution < 1.29 is 18.3 Å². The molecule has 3 N–H and O–H groups in total. The number of sulfonamides is 1. The monoisotopic (exact) mass is 394 g/mol. The number of aromatic hydroxyl groups is 1. The van der Waals surface area contributed by atoms with Crippen LogP contribution in [0.25, 0.3) is 0 Å². The number of nitrogens with one attached hydrogen (secondary N) is 2. The van der Waals surface area contributed by atoms with Gasteiger partial charge < -0.3 is 10.4 Å². The number of fused-ring (bicyclic) bond motifs is 1. The lowest BCUT2D eigenvalue weighted by Crippen LogP contribution is -2.15. The van der Waals surface area contributed by atoms with Crippen LogP contribution in [0.15, 0.2) is 29.2 Å². The van der Waals surface area contributed by atoms with Crippen LogP contribution in [0, 0.1) is 13.8 Å². The summed E-state index contributed by atoms with van der Waals surface area (Å²) in [5.41, 5.74) is 2.51. The standard InChI is InChI=1S/C18H19ClN2O4S/c1-10-7-17(11(2)6-13(10)19)26(24,25)21-15-8-12-4-3-5-18(23)20-14(12)9-16(15)22/h6-9,21-22H,3-5H2,1-2H3,(H,20,23). The van der Waals surface area contributed by atoms with Crippen molar-refractivity contribution in [1.82, 2.24) is 0 Å². The Kier molecular flexibility index (Phi) is 4.86. The van der Waals surface area contributed by atoms with Crippen LogP contribution in [0.3, 0.4) is 0 Å². The van der Waals surface area contributed by atoms with Gasteiger partial charge in [0.2, 0.25) is 5.91 Å². The second-order valence-corrected chi connectivity index (χ2v) is 8.46. The fourth-order valence-electron chi connectivity index (χ4n) is 2.93. The molecule has 2 aromatic carbocycles. The van der Waals surface area contributed by atoms with Crippen LogP contribution in [0.1, 0.15) is 29.5 Å². The molecule has 3 rings (SSSR count). The average Bonchev–Trinajstić information content (AvgIpc) is 2.71. The van der Waals surface area contributed by atoms with E-state index in [4.69, 9.17) is 11.6 Å². The van der Waals surface area contributed by atoms with Crippen molar-refractivity contribution in [1.29, 1.82) is 0 Å². The molecule has 138 valence electrons. The lowest BCUT2D eigenvalue weighted by atomic mass is 10.1. The fraction of sp³-hybridized carbons (Fsp3) is 0.278. The van der Waals surface area contributed by atoms with Crippen LogP contribution in [-0.2, 0) is 21.2 Å². The molecule has 0 fully saturated rings. The van der Waals surface area contributed by atoms with Gasteiger partial charge in [-0.25, -0.2) is 8.42 Å². The predicted molar refractivity (Wildman–Crippen MR) is 101 cm³/mol. The zero-order valence-corrected chi connectivity index (χ0v) is 16.0. The lowest BCUT2D eigenvalue weighted by molar-refractivity contribution is -0.116. The summed E-state index contributed by atoms with van der Waals surface area (Å²) >= 11 is 6.04. The molecular weight excluding hydrogens is 376 g/mol. The summed E-state index contributed by atoms with van der Waals surface area (Å²) in [5.74, 6) is -0.374. The first kappa shape index (κ1) is 18.5. The van der Waals surface area contributed by atoms with E-state index < -0.39 is 10.0 Å². The molecule has 1 aliphatic heterocycles. The van der Waals surface area contributed by atoms with E-state index >= 15 is 0 Å². The van der Waals surface area contributed by atoms with Crippen molar-refractivity contribution in [2.45, 2.75) is 38.0 Å². The summed E-state index contributed by atoms with van der Waals surface area (Å²) in [5, 5.41) is 13.4. The highest BCUT2D eigenvalue weighted by Gasteiger charge is 2.22. The molecule has 0 aromatic heterocycles. The Morgan fingerprint density at radius 2 is 1.85 bits per heavy atom. The van der Waals surface area contributed by atoms with Crippen LogP contribution >= 0.6 is 11.6 Å². The fourth-order valence-corrected chi connectivity index (χ4v) is 4.53. The minimum absolute atomic E-state index is 0.0758. The number of benzene rings is 2. The Hall–Kier alpha value is -2.25. The molecule has 1 heterocycles. The number of aryl methyl sites for hydroxylation is 3. The molecule has 0 radical (unpaired) electrons. The van der Waals surface area contributed by atoms with E-state index in [1.54, 1.807) is 26.0 Å². The summed E-state index contributed by atoms with van der Waals surface area (Å²) in [7, 11) is -3.91. The molecule has 6 nitrogen and oxygen atoms in total. The van der Waals surface area contributed by atoms with E-state index in [2.05, 4.69) is 10.0 Å². The van der Waals surface area contributed by atoms with Gasteiger partial charge in [-0.15, -0.1) is 0 Å². The third kappa shape index (κ3) is 3.64. The second kappa shape index (κ2) is 6.81. The molecule has 0 spiro atoms. The van der Waals surface area contributed by atoms with E-state index in [1.165, 1.54) is 12.1 Å². The van der Waals surface area contributed by atoms with Gasteiger partial charge >= 0.3 is 0 Å². The van der Waals surface area contributed by atoms with Crippen LogP contribution in [0.5, 0.6) is 5.75 Å². The smallest absolute Gasteiger partial charge is 0.262 e. The number of anilines is 2. The highest BCUT2D eigenvalue weighted by atomic mass is 35.5. The number of amides is 1. The molecular formula is C18H19ClN2O4S. The summed E-state index contributed by atoms with van der Waals surface area (Å²) in [6.45, 7) is 3.38. The molecule has 0 saturated carbocycles. The van der Waals surface area contributed by atoms with Gasteiger partial charge in [0.05, 0.1) is 10.6 Å². The summed E-state index contributed by atoms with van der Waals surface area (Å²) in [4.78, 5) is 11.7. The van der Waals surface area contributed by atoms with E-state index in [-0.39, 0.29) is 22.2 Å². The normalized spacial score (nSPS) is 14.3. The maximum atomic E-state index is 12.8. The Labute approximate surface area is 157 Å². The first-order valence-corrected chi connectivity index (χ1v) is 9.99. The first-order valence-electron chi connectivity index (χ1n) is 8.12. The number of rotatable bonds is 3. The molecule has 26 heavy (non-hydrogen) atoms. The van der Waals surface area contributed by atoms with Gasteiger partial charge in [0.1, 0.15) is 5.75 Å². The van der Waals surface area contributed by atoms with Crippen molar-refractivity contribution >= 4 is 38.9 Å². The molecule has 0 unspecified atom stereocenters. The van der Waals surface area contributed by atoms with Crippen LogP contribution in [-0.4, -0.2) is 19.4 Å². The molecule has 1 aliphatic rings. The minimum atomic E-state index is -3.91. The number of hydrogen-bond donors (Lipinski definition) is 3. The van der Waals surface area contributed by atoms with E-state index in [9.17, 15) is 18.3 Å². The maximum Gasteiger partial charge on any atom is 0.262 e. The Morgan fingerprint density at radius 1 is 1.12 bits per heavy atom. The van der Waals surface area contributed by atoms with Gasteiger partial charge in [-0.1, -0.05) is 11.6 Å². The molecule has 0 saturated heterocycles. The van der Waals surface area contributed by atoms with Crippen molar-refractivity contribution in [3.05, 3.63) is 46.0 Å². The van der Waals surface area contributed by atoms with Crippen LogP contribution < -0.4 is 10.0 Å². The van der Waals surface area contributed by atoms with Gasteiger partial charge in [-0.2, -0.15) is 0 Å². The number of hydrogen-bond acceptors (Lipinski definition) is 4. The molecule has 0 bridgehead atoms. The predicted octanol–water partition coefficient (Wildman–Crippen LogP) is 3.74. The number of carbonyl (C=O) groups excluding carboxylic acids is 1. The van der Waals surface area contributed by atoms with E-state index in [0.717, 1.165) is 5.56 Å². The van der Waals surface area contributed by atoms with Crippen LogP contribution in [0.2, 0.25) is 5.02 Å². The summed E-state index contributed by atoms with van der Waals surface area (Å²) in [6, 6.07) is 6.03. The highest BCUT2D eigenvalue weighted by Crippen LogP contribution is 2.35. The van der Waals surface area contributed by atoms with Crippen molar-refractivity contribution in [3.8, 4) is 5.75 Å². The third-order valence-corrected chi connectivity index (χ3v) is 6.25. The van der Waals surface area contributed by atoms with Gasteiger partial charge in [0.15, 0.2) is 0 Å². The van der Waals surface area contributed by atoms with Gasteiger partial charge in [-0.3, -0.25) is 9.52 Å². The maximum absolute atomic E-state index is 12.8. The highest BCUT2D eigenvalue weighted by molar-refractivity contribution is 7.92. The van der Waals surface area contributed by atoms with Crippen molar-refractivity contribution in [2.75, 3.05) is 10.0 Å². The third-order valence-electron chi connectivity index (χ3n) is 4.34. The van der Waals surface area contributed by atoms with E-state index in [0.29, 0.717) is 41.1 Å². The minimum Gasteiger partial charge on any atom is -0.506 e. The largest absolute Gasteiger partial charge is 0.506 e. The molecule has 0 atom stereocenters. The molecule has 0 aliphatic carbocycles. The summed E-state index contributed by atoms with van der Waals surface area (Å²) < 4.78 is 28.0. The summed E-state index contributed by atoms with van der Waals surface area (Å²) in [6.07, 6.45) is 1.66. The SMILES string of the molecule is Cc1cc(S(=O)(=O)Nc2cc3c(cc2O)NC(=O)CCC3)c(C)cc1Cl. The van der Waals surface area contributed by atoms with Crippen molar-refractivity contribution in [3.63, 3.8) is 0 Å². The Bertz CT molecular complexity index is 1000. The Morgan fingerprint density at radius 3 is 2.58 bits per heavy atom. The zero-order valence-electron chi connectivity index (χ0n) is 14.4. The number of halogens is 1. The van der Waals surface area contributed by atoms with Gasteiger partial charge in [-0.05, 0) is 61.6 Å².